The highest BCUT2D eigenvalue weighted by Gasteiger charge is 2.42. The third-order valence-electron chi connectivity index (χ3n) is 13.1. The number of rotatable bonds is 6. The number of para-hydroxylation sites is 3. The fourth-order valence-corrected chi connectivity index (χ4v) is 15.3. The molecule has 5 nitrogen and oxygen atoms in total. The topological polar surface area (TPSA) is 40.0 Å². The van der Waals surface area contributed by atoms with Gasteiger partial charge in [-0.15, -0.1) is 0 Å². The van der Waals surface area contributed by atoms with Crippen molar-refractivity contribution in [3.63, 3.8) is 0 Å². The molecule has 0 fully saturated rings. The van der Waals surface area contributed by atoms with Gasteiger partial charge in [0.1, 0.15) is 11.5 Å². The second-order valence-electron chi connectivity index (χ2n) is 16.2. The van der Waals surface area contributed by atoms with E-state index in [1.165, 1.54) is 58.6 Å². The first-order valence-corrected chi connectivity index (χ1v) is 23.2. The number of aromatic nitrogens is 5. The van der Waals surface area contributed by atoms with Crippen LogP contribution < -0.4 is 20.7 Å². The second kappa shape index (κ2) is 13.5. The lowest BCUT2D eigenvalue weighted by Gasteiger charge is -2.35. The molecule has 5 aromatic heterocycles. The third kappa shape index (κ3) is 4.84. The fourth-order valence-electron chi connectivity index (χ4n) is 10.6. The molecule has 290 valence electrons. The van der Waals surface area contributed by atoms with E-state index in [1.54, 1.807) is 0 Å². The van der Waals surface area contributed by atoms with E-state index in [1.807, 2.05) is 18.5 Å². The molecule has 0 aliphatic rings. The van der Waals surface area contributed by atoms with Crippen LogP contribution in [-0.4, -0.2) is 31.6 Å². The number of hydrogen-bond acceptors (Lipinski definition) is 2. The van der Waals surface area contributed by atoms with Gasteiger partial charge < -0.3 is 4.57 Å². The number of nitrogens with zero attached hydrogens (tertiary/aromatic N) is 5. The standard InChI is InChI=1S/C56H37N5Si/c1-4-16-38(17-5-1)60-50-25-13-11-23-47(50)54-51(60)32-31-46-45-30-28-42(37-52(45)61(55(46)54)53-26-14-15-33-57-53)62(39-18-6-2-7-19-39,40-20-8-3-9-21-40)41-27-29-43-44-22-10-12-24-49(44)59-35-34-58-56(59)48(43)36-41/h1-37H. The summed E-state index contributed by atoms with van der Waals surface area (Å²) in [7, 11) is -3.05. The summed E-state index contributed by atoms with van der Waals surface area (Å²) in [6.07, 6.45) is 5.92. The van der Waals surface area contributed by atoms with Crippen LogP contribution in [0.5, 0.6) is 0 Å². The molecule has 0 aliphatic carbocycles. The van der Waals surface area contributed by atoms with Crippen LogP contribution >= 0.6 is 0 Å². The minimum absolute atomic E-state index is 0.889. The molecule has 6 heteroatoms. The summed E-state index contributed by atoms with van der Waals surface area (Å²) >= 11 is 0. The minimum atomic E-state index is -3.05. The molecule has 8 aromatic carbocycles. The molecule has 0 unspecified atom stereocenters. The Morgan fingerprint density at radius 2 is 0.968 bits per heavy atom. The number of fused-ring (bicyclic) bond motifs is 13. The van der Waals surface area contributed by atoms with Gasteiger partial charge in [0.15, 0.2) is 8.07 Å². The number of benzene rings is 8. The lowest BCUT2D eigenvalue weighted by atomic mass is 10.1. The number of hydrogen-bond donors (Lipinski definition) is 0. The first-order chi connectivity index (χ1) is 30.8. The molecule has 0 bridgehead atoms. The van der Waals surface area contributed by atoms with E-state index in [9.17, 15) is 0 Å². The normalized spacial score (nSPS) is 12.2. The fraction of sp³-hybridized carbons (Fsp3) is 0. The molecule has 0 saturated heterocycles. The summed E-state index contributed by atoms with van der Waals surface area (Å²) in [5.41, 5.74) is 7.89. The first kappa shape index (κ1) is 34.8. The van der Waals surface area contributed by atoms with Crippen molar-refractivity contribution in [3.05, 3.63) is 225 Å². The zero-order valence-corrected chi connectivity index (χ0v) is 34.6. The van der Waals surface area contributed by atoms with Crippen molar-refractivity contribution < 1.29 is 0 Å². The SMILES string of the molecule is c1ccc(-n2c3ccccc3c3c2ccc2c4ccc([Si](c5ccccc5)(c5ccccc5)c5ccc6c7ccccc7n7ccnc7c6c5)cc4n(-c4ccccn4)c23)cc1. The quantitative estimate of drug-likeness (QED) is 0.0954. The van der Waals surface area contributed by atoms with Gasteiger partial charge in [-0.2, -0.15) is 0 Å². The van der Waals surface area contributed by atoms with Crippen molar-refractivity contribution in [1.29, 1.82) is 0 Å². The summed E-state index contributed by atoms with van der Waals surface area (Å²) in [6.45, 7) is 0. The van der Waals surface area contributed by atoms with Crippen molar-refractivity contribution >= 4 is 99.8 Å². The Morgan fingerprint density at radius 3 is 1.71 bits per heavy atom. The van der Waals surface area contributed by atoms with Gasteiger partial charge in [-0.3, -0.25) is 8.97 Å². The van der Waals surface area contributed by atoms with Gasteiger partial charge in [-0.05, 0) is 74.7 Å². The van der Waals surface area contributed by atoms with Crippen LogP contribution in [0.2, 0.25) is 0 Å². The van der Waals surface area contributed by atoms with Crippen molar-refractivity contribution in [1.82, 2.24) is 23.5 Å². The highest BCUT2D eigenvalue weighted by atomic mass is 28.3. The van der Waals surface area contributed by atoms with Gasteiger partial charge >= 0.3 is 0 Å². The Kier molecular flexibility index (Phi) is 7.56. The Balaban J connectivity index is 1.18. The Labute approximate surface area is 358 Å². The van der Waals surface area contributed by atoms with Gasteiger partial charge in [0.05, 0.1) is 27.6 Å². The molecule has 13 aromatic rings. The van der Waals surface area contributed by atoms with E-state index in [0.29, 0.717) is 0 Å². The van der Waals surface area contributed by atoms with Gasteiger partial charge in [0, 0.05) is 56.6 Å². The largest absolute Gasteiger partial charge is 0.309 e. The van der Waals surface area contributed by atoms with Crippen LogP contribution in [-0.2, 0) is 0 Å². The second-order valence-corrected chi connectivity index (χ2v) is 20.0. The molecule has 0 radical (unpaired) electrons. The van der Waals surface area contributed by atoms with Crippen LogP contribution in [0.1, 0.15) is 0 Å². The summed E-state index contributed by atoms with van der Waals surface area (Å²) in [4.78, 5) is 10.1. The molecule has 13 rings (SSSR count). The van der Waals surface area contributed by atoms with E-state index in [4.69, 9.17) is 9.97 Å². The smallest absolute Gasteiger partial charge is 0.179 e. The van der Waals surface area contributed by atoms with Crippen molar-refractivity contribution in [2.45, 2.75) is 0 Å². The van der Waals surface area contributed by atoms with E-state index in [-0.39, 0.29) is 0 Å². The molecule has 62 heavy (non-hydrogen) atoms. The monoisotopic (exact) mass is 807 g/mol. The van der Waals surface area contributed by atoms with Crippen LogP contribution in [0.25, 0.3) is 82.4 Å². The average Bonchev–Trinajstić information content (AvgIpc) is 4.07. The minimum Gasteiger partial charge on any atom is -0.309 e. The summed E-state index contributed by atoms with van der Waals surface area (Å²) in [5.74, 6) is 0.889. The molecular formula is C56H37N5Si. The van der Waals surface area contributed by atoms with E-state index in [2.05, 4.69) is 220 Å². The lowest BCUT2D eigenvalue weighted by molar-refractivity contribution is 1.08. The van der Waals surface area contributed by atoms with Gasteiger partial charge in [0.25, 0.3) is 0 Å². The molecule has 5 heterocycles. The average molecular weight is 808 g/mol. The van der Waals surface area contributed by atoms with Crippen molar-refractivity contribution in [3.8, 4) is 11.5 Å². The van der Waals surface area contributed by atoms with E-state index < -0.39 is 8.07 Å². The summed E-state index contributed by atoms with van der Waals surface area (Å²) in [6, 6.07) is 76.0. The van der Waals surface area contributed by atoms with Crippen LogP contribution in [0.4, 0.5) is 0 Å². The molecule has 0 amide bonds. The predicted molar refractivity (Wildman–Crippen MR) is 260 cm³/mol. The maximum absolute atomic E-state index is 5.08. The van der Waals surface area contributed by atoms with Crippen molar-refractivity contribution in [2.24, 2.45) is 0 Å². The lowest BCUT2D eigenvalue weighted by Crippen LogP contribution is -2.74. The predicted octanol–water partition coefficient (Wildman–Crippen LogP) is 10.6. The van der Waals surface area contributed by atoms with E-state index in [0.717, 1.165) is 44.6 Å². The Hall–Kier alpha value is -8.06. The van der Waals surface area contributed by atoms with E-state index >= 15 is 0 Å². The molecule has 0 aliphatic heterocycles. The van der Waals surface area contributed by atoms with Gasteiger partial charge in [0.2, 0.25) is 0 Å². The molecule has 0 saturated carbocycles. The maximum Gasteiger partial charge on any atom is 0.179 e. The Bertz CT molecular complexity index is 3810. The zero-order valence-electron chi connectivity index (χ0n) is 33.6. The maximum atomic E-state index is 5.08. The third-order valence-corrected chi connectivity index (χ3v) is 17.8. The molecule has 0 spiro atoms. The molecular weight excluding hydrogens is 771 g/mol. The van der Waals surface area contributed by atoms with Crippen LogP contribution in [0.3, 0.4) is 0 Å². The summed E-state index contributed by atoms with van der Waals surface area (Å²) < 4.78 is 7.06. The highest BCUT2D eigenvalue weighted by molar-refractivity contribution is 7.20. The first-order valence-electron chi connectivity index (χ1n) is 21.2. The summed E-state index contributed by atoms with van der Waals surface area (Å²) in [5, 5.41) is 13.6. The zero-order chi connectivity index (χ0) is 40.8. The highest BCUT2D eigenvalue weighted by Crippen LogP contribution is 2.42. The van der Waals surface area contributed by atoms with Crippen molar-refractivity contribution in [2.75, 3.05) is 0 Å². The van der Waals surface area contributed by atoms with Gasteiger partial charge in [-0.1, -0.05) is 158 Å². The molecule has 0 atom stereocenters. The van der Waals surface area contributed by atoms with Crippen LogP contribution in [0.15, 0.2) is 225 Å². The molecule has 0 N–H and O–H groups in total. The van der Waals surface area contributed by atoms with Gasteiger partial charge in [-0.25, -0.2) is 9.97 Å². The Morgan fingerprint density at radius 1 is 0.355 bits per heavy atom. The number of pyridine rings is 2. The number of imidazole rings is 1. The van der Waals surface area contributed by atoms with Crippen LogP contribution in [0, 0.1) is 0 Å².